The molecule has 0 amide bonds. The fraction of sp³-hybridized carbons (Fsp3) is 0.500. The summed E-state index contributed by atoms with van der Waals surface area (Å²) in [5.74, 6) is 0.406. The van der Waals surface area contributed by atoms with Gasteiger partial charge in [0.2, 0.25) is 0 Å². The van der Waals surface area contributed by atoms with Crippen LogP contribution in [0.3, 0.4) is 0 Å². The van der Waals surface area contributed by atoms with Gasteiger partial charge in [-0.1, -0.05) is 18.2 Å². The van der Waals surface area contributed by atoms with E-state index in [2.05, 4.69) is 10.6 Å². The van der Waals surface area contributed by atoms with Crippen molar-refractivity contribution in [2.75, 3.05) is 19.6 Å². The molecule has 0 saturated carbocycles. The highest BCUT2D eigenvalue weighted by atomic mass is 16.3. The lowest BCUT2D eigenvalue weighted by Gasteiger charge is -2.11. The molecule has 0 bridgehead atoms. The lowest BCUT2D eigenvalue weighted by atomic mass is 10.1. The van der Waals surface area contributed by atoms with Gasteiger partial charge in [-0.25, -0.2) is 0 Å². The molecular weight excluding hydrogens is 188 g/mol. The predicted octanol–water partition coefficient (Wildman–Crippen LogP) is 0.886. The van der Waals surface area contributed by atoms with Crippen LogP contribution < -0.4 is 10.6 Å². The molecule has 1 fully saturated rings. The van der Waals surface area contributed by atoms with Gasteiger partial charge in [-0.3, -0.25) is 0 Å². The maximum Gasteiger partial charge on any atom is 0.118 e. The Bertz CT molecular complexity index is 308. The molecule has 1 unspecified atom stereocenters. The molecule has 2 rings (SSSR count). The first-order valence-electron chi connectivity index (χ1n) is 5.57. The lowest BCUT2D eigenvalue weighted by molar-refractivity contribution is 0.464. The third-order valence-electron chi connectivity index (χ3n) is 2.88. The van der Waals surface area contributed by atoms with E-state index < -0.39 is 0 Å². The Kier molecular flexibility index (Phi) is 3.59. The zero-order valence-electron chi connectivity index (χ0n) is 8.87. The van der Waals surface area contributed by atoms with Crippen LogP contribution in [-0.2, 0) is 6.42 Å². The summed E-state index contributed by atoms with van der Waals surface area (Å²) >= 11 is 0. The van der Waals surface area contributed by atoms with Gasteiger partial charge in [0, 0.05) is 12.6 Å². The summed E-state index contributed by atoms with van der Waals surface area (Å²) in [6.45, 7) is 3.12. The molecule has 0 radical (unpaired) electrons. The number of phenols is 1. The number of nitrogens with one attached hydrogen (secondary N) is 2. The van der Waals surface area contributed by atoms with E-state index in [0.717, 1.165) is 31.6 Å². The number of aromatic hydroxyl groups is 1. The third-order valence-corrected chi connectivity index (χ3v) is 2.88. The van der Waals surface area contributed by atoms with E-state index in [1.54, 1.807) is 6.07 Å². The summed E-state index contributed by atoms with van der Waals surface area (Å²) in [5.41, 5.74) is 1.02. The van der Waals surface area contributed by atoms with Crippen molar-refractivity contribution < 1.29 is 5.11 Å². The van der Waals surface area contributed by atoms with Crippen molar-refractivity contribution in [1.82, 2.24) is 10.6 Å². The Morgan fingerprint density at radius 3 is 3.00 bits per heavy atom. The molecule has 1 saturated heterocycles. The predicted molar refractivity (Wildman–Crippen MR) is 61.1 cm³/mol. The van der Waals surface area contributed by atoms with Gasteiger partial charge < -0.3 is 15.7 Å². The first-order chi connectivity index (χ1) is 7.36. The van der Waals surface area contributed by atoms with Gasteiger partial charge in [0.25, 0.3) is 0 Å². The minimum atomic E-state index is 0.406. The molecule has 0 aliphatic carbocycles. The van der Waals surface area contributed by atoms with Crippen molar-refractivity contribution in [2.45, 2.75) is 18.9 Å². The summed E-state index contributed by atoms with van der Waals surface area (Å²) in [7, 11) is 0. The molecule has 1 heterocycles. The average molecular weight is 206 g/mol. The van der Waals surface area contributed by atoms with E-state index in [1.807, 2.05) is 18.2 Å². The van der Waals surface area contributed by atoms with Gasteiger partial charge in [0.1, 0.15) is 5.75 Å². The van der Waals surface area contributed by atoms with E-state index >= 15 is 0 Å². The second kappa shape index (κ2) is 5.14. The standard InChI is InChI=1S/C12H18N2O/c15-12-4-2-1-3-10(12)5-8-14-11-6-7-13-9-11/h1-4,11,13-15H,5-9H2. The zero-order chi connectivity index (χ0) is 10.5. The zero-order valence-corrected chi connectivity index (χ0v) is 8.87. The molecule has 3 nitrogen and oxygen atoms in total. The van der Waals surface area contributed by atoms with Gasteiger partial charge in [0.15, 0.2) is 0 Å². The maximum absolute atomic E-state index is 9.56. The quantitative estimate of drug-likeness (QED) is 0.685. The summed E-state index contributed by atoms with van der Waals surface area (Å²) in [6, 6.07) is 8.14. The number of para-hydroxylation sites is 1. The van der Waals surface area contributed by atoms with Crippen molar-refractivity contribution in [2.24, 2.45) is 0 Å². The van der Waals surface area contributed by atoms with Gasteiger partial charge in [-0.15, -0.1) is 0 Å². The molecule has 3 N–H and O–H groups in total. The monoisotopic (exact) mass is 206 g/mol. The van der Waals surface area contributed by atoms with Crippen LogP contribution in [0.15, 0.2) is 24.3 Å². The molecule has 1 aromatic carbocycles. The van der Waals surface area contributed by atoms with Crippen LogP contribution in [0.1, 0.15) is 12.0 Å². The second-order valence-corrected chi connectivity index (χ2v) is 4.02. The number of benzene rings is 1. The first-order valence-corrected chi connectivity index (χ1v) is 5.57. The van der Waals surface area contributed by atoms with Gasteiger partial charge >= 0.3 is 0 Å². The Balaban J connectivity index is 1.75. The molecular formula is C12H18N2O. The molecule has 0 spiro atoms. The topological polar surface area (TPSA) is 44.3 Å². The summed E-state index contributed by atoms with van der Waals surface area (Å²) in [5, 5.41) is 16.4. The largest absolute Gasteiger partial charge is 0.508 e. The normalized spacial score (nSPS) is 20.7. The van der Waals surface area contributed by atoms with E-state index in [9.17, 15) is 5.11 Å². The van der Waals surface area contributed by atoms with Crippen molar-refractivity contribution in [3.63, 3.8) is 0 Å². The van der Waals surface area contributed by atoms with Crippen molar-refractivity contribution in [1.29, 1.82) is 0 Å². The van der Waals surface area contributed by atoms with Crippen LogP contribution in [0.5, 0.6) is 5.75 Å². The first kappa shape index (κ1) is 10.5. The molecule has 1 aliphatic rings. The van der Waals surface area contributed by atoms with Crippen LogP contribution in [-0.4, -0.2) is 30.8 Å². The van der Waals surface area contributed by atoms with Gasteiger partial charge in [-0.05, 0) is 37.6 Å². The molecule has 1 aromatic rings. The Morgan fingerprint density at radius 1 is 1.40 bits per heavy atom. The van der Waals surface area contributed by atoms with Crippen LogP contribution in [0.2, 0.25) is 0 Å². The van der Waals surface area contributed by atoms with Crippen LogP contribution >= 0.6 is 0 Å². The number of rotatable bonds is 4. The Labute approximate surface area is 90.5 Å². The van der Waals surface area contributed by atoms with E-state index in [4.69, 9.17) is 0 Å². The van der Waals surface area contributed by atoms with E-state index in [-0.39, 0.29) is 0 Å². The fourth-order valence-corrected chi connectivity index (χ4v) is 1.96. The minimum absolute atomic E-state index is 0.406. The van der Waals surface area contributed by atoms with Crippen molar-refractivity contribution in [3.8, 4) is 5.75 Å². The van der Waals surface area contributed by atoms with E-state index in [0.29, 0.717) is 11.8 Å². The third kappa shape index (κ3) is 2.94. The van der Waals surface area contributed by atoms with Crippen molar-refractivity contribution >= 4 is 0 Å². The lowest BCUT2D eigenvalue weighted by Crippen LogP contribution is -2.32. The number of hydrogen-bond donors (Lipinski definition) is 3. The van der Waals surface area contributed by atoms with Crippen LogP contribution in [0.4, 0.5) is 0 Å². The van der Waals surface area contributed by atoms with Gasteiger partial charge in [0.05, 0.1) is 0 Å². The highest BCUT2D eigenvalue weighted by Gasteiger charge is 2.12. The van der Waals surface area contributed by atoms with Crippen LogP contribution in [0, 0.1) is 0 Å². The SMILES string of the molecule is Oc1ccccc1CCNC1CCNC1. The highest BCUT2D eigenvalue weighted by Crippen LogP contribution is 2.15. The molecule has 1 aliphatic heterocycles. The summed E-state index contributed by atoms with van der Waals surface area (Å²) in [6.07, 6.45) is 2.10. The Morgan fingerprint density at radius 2 is 2.27 bits per heavy atom. The minimum Gasteiger partial charge on any atom is -0.508 e. The second-order valence-electron chi connectivity index (χ2n) is 4.02. The number of hydrogen-bond acceptors (Lipinski definition) is 3. The van der Waals surface area contributed by atoms with E-state index in [1.165, 1.54) is 6.42 Å². The summed E-state index contributed by atoms with van der Waals surface area (Å²) in [4.78, 5) is 0. The van der Waals surface area contributed by atoms with Crippen molar-refractivity contribution in [3.05, 3.63) is 29.8 Å². The fourth-order valence-electron chi connectivity index (χ4n) is 1.96. The maximum atomic E-state index is 9.56. The molecule has 1 atom stereocenters. The molecule has 0 aromatic heterocycles. The Hall–Kier alpha value is -1.06. The van der Waals surface area contributed by atoms with Crippen LogP contribution in [0.25, 0.3) is 0 Å². The average Bonchev–Trinajstić information content (AvgIpc) is 2.74. The summed E-state index contributed by atoms with van der Waals surface area (Å²) < 4.78 is 0. The smallest absolute Gasteiger partial charge is 0.118 e. The number of phenolic OH excluding ortho intramolecular Hbond substituents is 1. The van der Waals surface area contributed by atoms with Gasteiger partial charge in [-0.2, -0.15) is 0 Å². The highest BCUT2D eigenvalue weighted by molar-refractivity contribution is 5.31. The molecule has 3 heteroatoms. The molecule has 15 heavy (non-hydrogen) atoms. The molecule has 82 valence electrons.